The number of furan rings is 1. The molecule has 1 N–H and O–H groups in total. The van der Waals surface area contributed by atoms with Crippen molar-refractivity contribution in [2.45, 2.75) is 0 Å². The largest absolute Gasteiger partial charge is 0.460 e. The average molecular weight is 449 g/mol. The number of hydrogen-bond acceptors (Lipinski definition) is 6. The van der Waals surface area contributed by atoms with Crippen LogP contribution < -0.4 is 4.74 Å². The van der Waals surface area contributed by atoms with Crippen LogP contribution in [0.4, 0.5) is 0 Å². The number of nitrogens with zero attached hydrogens (tertiary/aromatic N) is 3. The first-order valence-corrected chi connectivity index (χ1v) is 9.72. The number of rotatable bonds is 4. The van der Waals surface area contributed by atoms with Gasteiger partial charge in [0.2, 0.25) is 0 Å². The number of nitriles is 1. The van der Waals surface area contributed by atoms with E-state index in [4.69, 9.17) is 32.4 Å². The summed E-state index contributed by atoms with van der Waals surface area (Å²) in [6.07, 6.45) is 4.35. The smallest absolute Gasteiger partial charge is 0.196 e. The molecule has 0 amide bonds. The Morgan fingerprint density at radius 1 is 1.13 bits per heavy atom. The predicted octanol–water partition coefficient (Wildman–Crippen LogP) is 5.91. The van der Waals surface area contributed by atoms with E-state index >= 15 is 0 Å². The number of aromatic amines is 1. The molecule has 7 nitrogen and oxygen atoms in total. The van der Waals surface area contributed by atoms with Crippen molar-refractivity contribution in [3.8, 4) is 17.6 Å². The second kappa shape index (κ2) is 7.43. The van der Waals surface area contributed by atoms with Crippen molar-refractivity contribution in [2.75, 3.05) is 0 Å². The van der Waals surface area contributed by atoms with Gasteiger partial charge in [0.25, 0.3) is 0 Å². The van der Waals surface area contributed by atoms with Gasteiger partial charge in [-0.05, 0) is 24.3 Å². The number of H-pyrrole nitrogens is 1. The Kier molecular flexibility index (Phi) is 4.59. The van der Waals surface area contributed by atoms with E-state index in [1.54, 1.807) is 30.3 Å². The Bertz CT molecular complexity index is 1530. The van der Waals surface area contributed by atoms with Crippen LogP contribution in [0.1, 0.15) is 21.5 Å². The van der Waals surface area contributed by atoms with Gasteiger partial charge in [-0.2, -0.15) is 5.26 Å². The maximum absolute atomic E-state index is 13.1. The minimum Gasteiger partial charge on any atom is -0.460 e. The summed E-state index contributed by atoms with van der Waals surface area (Å²) in [5.74, 6) is 0.420. The third-order valence-corrected chi connectivity index (χ3v) is 5.33. The molecule has 3 heterocycles. The van der Waals surface area contributed by atoms with Gasteiger partial charge in [-0.1, -0.05) is 23.2 Å². The molecular formula is C22H10Cl2N4O3. The summed E-state index contributed by atoms with van der Waals surface area (Å²) in [6, 6.07) is 11.8. The molecule has 0 atom stereocenters. The number of ketones is 1. The third-order valence-electron chi connectivity index (χ3n) is 4.73. The highest BCUT2D eigenvalue weighted by Gasteiger charge is 2.20. The zero-order valence-corrected chi connectivity index (χ0v) is 17.0. The fourth-order valence-electron chi connectivity index (χ4n) is 3.31. The number of carbonyl (C=O) groups is 1. The molecule has 0 aliphatic rings. The first kappa shape index (κ1) is 19.1. The summed E-state index contributed by atoms with van der Waals surface area (Å²) in [4.78, 5) is 24.0. The molecule has 0 fully saturated rings. The molecule has 0 bridgehead atoms. The van der Waals surface area contributed by atoms with E-state index in [1.165, 1.54) is 24.9 Å². The molecular weight excluding hydrogens is 439 g/mol. The van der Waals surface area contributed by atoms with Crippen LogP contribution in [0.5, 0.6) is 11.5 Å². The molecule has 3 aromatic heterocycles. The molecule has 9 heteroatoms. The molecule has 0 unspecified atom stereocenters. The first-order chi connectivity index (χ1) is 15.0. The van der Waals surface area contributed by atoms with Gasteiger partial charge in [0.15, 0.2) is 17.1 Å². The lowest BCUT2D eigenvalue weighted by atomic mass is 10.0. The molecule has 5 rings (SSSR count). The van der Waals surface area contributed by atoms with E-state index in [-0.39, 0.29) is 21.5 Å². The Hall–Kier alpha value is -3.86. The van der Waals surface area contributed by atoms with E-state index in [1.807, 2.05) is 0 Å². The van der Waals surface area contributed by atoms with Crippen LogP contribution in [0.15, 0.2) is 59.6 Å². The molecule has 150 valence electrons. The Morgan fingerprint density at radius 3 is 2.81 bits per heavy atom. The summed E-state index contributed by atoms with van der Waals surface area (Å²) in [7, 11) is 0. The number of nitrogens with one attached hydrogen (secondary N) is 1. The summed E-state index contributed by atoms with van der Waals surface area (Å²) < 4.78 is 11.4. The lowest BCUT2D eigenvalue weighted by molar-refractivity contribution is 0.104. The predicted molar refractivity (Wildman–Crippen MR) is 115 cm³/mol. The lowest BCUT2D eigenvalue weighted by Gasteiger charge is -2.09. The van der Waals surface area contributed by atoms with Crippen LogP contribution in [0.25, 0.3) is 22.0 Å². The molecule has 2 aromatic carbocycles. The van der Waals surface area contributed by atoms with Crippen LogP contribution >= 0.6 is 23.2 Å². The van der Waals surface area contributed by atoms with Gasteiger partial charge in [0.05, 0.1) is 33.9 Å². The van der Waals surface area contributed by atoms with Gasteiger partial charge in [0.1, 0.15) is 22.9 Å². The van der Waals surface area contributed by atoms with Crippen LogP contribution in [-0.2, 0) is 0 Å². The van der Waals surface area contributed by atoms with E-state index < -0.39 is 0 Å². The number of ether oxygens (including phenoxy) is 1. The van der Waals surface area contributed by atoms with E-state index in [9.17, 15) is 10.1 Å². The van der Waals surface area contributed by atoms with Crippen molar-refractivity contribution in [2.24, 2.45) is 0 Å². The van der Waals surface area contributed by atoms with Crippen molar-refractivity contribution in [1.82, 2.24) is 15.0 Å². The van der Waals surface area contributed by atoms with Gasteiger partial charge in [-0.25, -0.2) is 9.97 Å². The third kappa shape index (κ3) is 3.28. The number of halogens is 2. The van der Waals surface area contributed by atoms with Crippen molar-refractivity contribution >= 4 is 51.0 Å². The molecule has 5 aromatic rings. The van der Waals surface area contributed by atoms with E-state index in [2.05, 4.69) is 21.0 Å². The van der Waals surface area contributed by atoms with Gasteiger partial charge >= 0.3 is 0 Å². The minimum atomic E-state index is -0.334. The first-order valence-electron chi connectivity index (χ1n) is 8.96. The molecule has 0 saturated heterocycles. The molecule has 0 radical (unpaired) electrons. The van der Waals surface area contributed by atoms with Gasteiger partial charge in [-0.3, -0.25) is 4.79 Å². The van der Waals surface area contributed by atoms with Gasteiger partial charge in [-0.15, -0.1) is 0 Å². The van der Waals surface area contributed by atoms with Crippen LogP contribution in [0.3, 0.4) is 0 Å². The molecule has 31 heavy (non-hydrogen) atoms. The van der Waals surface area contributed by atoms with Crippen LogP contribution in [0.2, 0.25) is 10.2 Å². The standard InChI is InChI=1S/C22H10Cl2N4O3/c23-16-7-13(31-17-6-11(8-25)5-12-3-4-30-20(12)17)1-2-14(16)19(29)15-9-26-22-18(15)21(24)27-10-28-22/h1-7,9-10H,(H,26,27,28). The molecule has 0 aliphatic carbocycles. The summed E-state index contributed by atoms with van der Waals surface area (Å²) >= 11 is 12.5. The Labute approximate surface area is 184 Å². The molecule has 0 spiro atoms. The van der Waals surface area contributed by atoms with E-state index in [0.717, 1.165) is 5.39 Å². The average Bonchev–Trinajstić information content (AvgIpc) is 3.41. The Morgan fingerprint density at radius 2 is 2.00 bits per heavy atom. The minimum absolute atomic E-state index is 0.172. The second-order valence-corrected chi connectivity index (χ2v) is 7.35. The van der Waals surface area contributed by atoms with Gasteiger partial charge in [0, 0.05) is 29.3 Å². The number of hydrogen-bond donors (Lipinski definition) is 1. The Balaban J connectivity index is 1.50. The van der Waals surface area contributed by atoms with Crippen LogP contribution in [0, 0.1) is 11.3 Å². The van der Waals surface area contributed by atoms with Crippen molar-refractivity contribution in [3.63, 3.8) is 0 Å². The summed E-state index contributed by atoms with van der Waals surface area (Å²) in [5, 5.41) is 10.8. The molecule has 0 saturated carbocycles. The van der Waals surface area contributed by atoms with Crippen molar-refractivity contribution in [1.29, 1.82) is 5.26 Å². The van der Waals surface area contributed by atoms with Crippen molar-refractivity contribution < 1.29 is 13.9 Å². The maximum Gasteiger partial charge on any atom is 0.196 e. The summed E-state index contributed by atoms with van der Waals surface area (Å²) in [6.45, 7) is 0. The lowest BCUT2D eigenvalue weighted by Crippen LogP contribution is -2.02. The van der Waals surface area contributed by atoms with Crippen LogP contribution in [-0.4, -0.2) is 20.7 Å². The zero-order valence-electron chi connectivity index (χ0n) is 15.5. The quantitative estimate of drug-likeness (QED) is 0.270. The highest BCUT2D eigenvalue weighted by Crippen LogP contribution is 2.35. The number of benzene rings is 2. The topological polar surface area (TPSA) is 105 Å². The fourth-order valence-corrected chi connectivity index (χ4v) is 3.80. The highest BCUT2D eigenvalue weighted by atomic mass is 35.5. The molecule has 0 aliphatic heterocycles. The summed E-state index contributed by atoms with van der Waals surface area (Å²) in [5.41, 5.74) is 1.97. The SMILES string of the molecule is N#Cc1cc(Oc2ccc(C(=O)c3c[nH]c4ncnc(Cl)c34)c(Cl)c2)c2occc2c1. The number of fused-ring (bicyclic) bond motifs is 2. The number of carbonyl (C=O) groups excluding carboxylic acids is 1. The zero-order chi connectivity index (χ0) is 21.5. The van der Waals surface area contributed by atoms with Crippen molar-refractivity contribution in [3.05, 3.63) is 82.1 Å². The monoisotopic (exact) mass is 448 g/mol. The van der Waals surface area contributed by atoms with Gasteiger partial charge < -0.3 is 14.1 Å². The second-order valence-electron chi connectivity index (χ2n) is 6.59. The number of aromatic nitrogens is 3. The highest BCUT2D eigenvalue weighted by molar-refractivity contribution is 6.38. The fraction of sp³-hybridized carbons (Fsp3) is 0. The normalized spacial score (nSPS) is 11.0. The van der Waals surface area contributed by atoms with E-state index in [0.29, 0.717) is 39.2 Å². The maximum atomic E-state index is 13.1.